The average molecular weight is 370 g/mol. The molecule has 5 heteroatoms. The highest BCUT2D eigenvalue weighted by molar-refractivity contribution is 9.10. The third-order valence-corrected chi connectivity index (χ3v) is 4.02. The molecule has 0 aliphatic carbocycles. The summed E-state index contributed by atoms with van der Waals surface area (Å²) >= 11 is 15.4. The zero-order valence-corrected chi connectivity index (χ0v) is 13.6. The third-order valence-electron chi connectivity index (χ3n) is 3.09. The minimum absolute atomic E-state index is 0.540. The van der Waals surface area contributed by atoms with Gasteiger partial charge in [0.2, 0.25) is 0 Å². The zero-order valence-electron chi connectivity index (χ0n) is 10.5. The molecule has 2 nitrogen and oxygen atoms in total. The molecule has 3 rings (SSSR count). The number of aromatic nitrogens is 2. The van der Waals surface area contributed by atoms with E-state index < -0.39 is 0 Å². The summed E-state index contributed by atoms with van der Waals surface area (Å²) in [6.07, 6.45) is 0.719. The molecule has 0 N–H and O–H groups in total. The number of hydrogen-bond donors (Lipinski definition) is 0. The van der Waals surface area contributed by atoms with Crippen molar-refractivity contribution >= 4 is 50.2 Å². The molecule has 0 saturated heterocycles. The van der Waals surface area contributed by atoms with Crippen LogP contribution < -0.4 is 0 Å². The van der Waals surface area contributed by atoms with Gasteiger partial charge in [0.15, 0.2) is 0 Å². The molecule has 0 amide bonds. The van der Waals surface area contributed by atoms with Crippen molar-refractivity contribution in [3.63, 3.8) is 0 Å². The zero-order chi connectivity index (χ0) is 14.1. The first-order valence-corrected chi connectivity index (χ1v) is 7.88. The monoisotopic (exact) mass is 368 g/mol. The van der Waals surface area contributed by atoms with Crippen LogP contribution in [0.4, 0.5) is 0 Å². The van der Waals surface area contributed by atoms with Crippen molar-refractivity contribution in [2.45, 2.75) is 6.42 Å². The Bertz CT molecular complexity index is 750. The Morgan fingerprint density at radius 3 is 2.55 bits per heavy atom. The Morgan fingerprint density at radius 1 is 1.10 bits per heavy atom. The number of benzene rings is 2. The average Bonchev–Trinajstić information content (AvgIpc) is 2.78. The Balaban J connectivity index is 2.27. The molecule has 0 fully saturated rings. The first kappa shape index (κ1) is 13.9. The Morgan fingerprint density at radius 2 is 1.85 bits per heavy atom. The van der Waals surface area contributed by atoms with E-state index in [4.69, 9.17) is 23.2 Å². The first-order chi connectivity index (χ1) is 9.69. The topological polar surface area (TPSA) is 17.8 Å². The van der Waals surface area contributed by atoms with Crippen LogP contribution >= 0.6 is 39.1 Å². The number of aryl methyl sites for hydroxylation is 1. The van der Waals surface area contributed by atoms with Crippen LogP contribution in [0.5, 0.6) is 0 Å². The van der Waals surface area contributed by atoms with Gasteiger partial charge in [-0.05, 0) is 42.5 Å². The number of imidazole rings is 1. The summed E-state index contributed by atoms with van der Waals surface area (Å²) in [6.45, 7) is 0. The van der Waals surface area contributed by atoms with Crippen LogP contribution in [0.25, 0.3) is 16.7 Å². The van der Waals surface area contributed by atoms with Gasteiger partial charge in [0, 0.05) is 27.5 Å². The second-order valence-corrected chi connectivity index (χ2v) is 6.14. The van der Waals surface area contributed by atoms with E-state index >= 15 is 0 Å². The molecule has 1 aromatic heterocycles. The largest absolute Gasteiger partial charge is 0.296 e. The first-order valence-electron chi connectivity index (χ1n) is 6.18. The maximum absolute atomic E-state index is 5.96. The van der Waals surface area contributed by atoms with E-state index in [9.17, 15) is 0 Å². The highest BCUT2D eigenvalue weighted by Gasteiger charge is 2.12. The lowest BCUT2D eigenvalue weighted by atomic mass is 10.2. The van der Waals surface area contributed by atoms with Gasteiger partial charge in [-0.15, -0.1) is 11.6 Å². The fourth-order valence-corrected chi connectivity index (χ4v) is 2.87. The summed E-state index contributed by atoms with van der Waals surface area (Å²) in [5.41, 5.74) is 3.06. The lowest BCUT2D eigenvalue weighted by Gasteiger charge is -2.08. The van der Waals surface area contributed by atoms with E-state index in [1.165, 1.54) is 0 Å². The van der Waals surface area contributed by atoms with Crippen molar-refractivity contribution in [3.05, 3.63) is 57.8 Å². The Kier molecular flexibility index (Phi) is 4.01. The number of halogens is 3. The third kappa shape index (κ3) is 2.58. The summed E-state index contributed by atoms with van der Waals surface area (Å²) < 4.78 is 3.15. The SMILES string of the molecule is ClCCc1nc2ccc(Br)cc2n1-c1ccc(Cl)cc1. The van der Waals surface area contributed by atoms with Gasteiger partial charge in [-0.2, -0.15) is 0 Å². The molecule has 102 valence electrons. The van der Waals surface area contributed by atoms with E-state index in [-0.39, 0.29) is 0 Å². The fraction of sp³-hybridized carbons (Fsp3) is 0.133. The second-order valence-electron chi connectivity index (χ2n) is 4.41. The minimum atomic E-state index is 0.540. The summed E-state index contributed by atoms with van der Waals surface area (Å²) in [5.74, 6) is 1.49. The predicted octanol–water partition coefficient (Wildman–Crippen LogP) is 5.22. The van der Waals surface area contributed by atoms with E-state index in [1.807, 2.05) is 36.4 Å². The molecule has 20 heavy (non-hydrogen) atoms. The van der Waals surface area contributed by atoms with E-state index in [0.717, 1.165) is 38.5 Å². The lowest BCUT2D eigenvalue weighted by molar-refractivity contribution is 0.912. The van der Waals surface area contributed by atoms with Crippen molar-refractivity contribution < 1.29 is 0 Å². The van der Waals surface area contributed by atoms with Crippen LogP contribution in [0.2, 0.25) is 5.02 Å². The molecule has 0 spiro atoms. The molecule has 0 aliphatic heterocycles. The highest BCUT2D eigenvalue weighted by Crippen LogP contribution is 2.26. The predicted molar refractivity (Wildman–Crippen MR) is 88.2 cm³/mol. The second kappa shape index (κ2) is 5.76. The van der Waals surface area contributed by atoms with Gasteiger partial charge in [-0.25, -0.2) is 4.98 Å². The smallest absolute Gasteiger partial charge is 0.115 e. The molecule has 0 saturated carbocycles. The molecule has 0 aliphatic rings. The maximum Gasteiger partial charge on any atom is 0.115 e. The van der Waals surface area contributed by atoms with Gasteiger partial charge in [0.25, 0.3) is 0 Å². The molecular weight excluding hydrogens is 359 g/mol. The Hall–Kier alpha value is -1.03. The van der Waals surface area contributed by atoms with E-state index in [2.05, 4.69) is 31.5 Å². The molecule has 0 unspecified atom stereocenters. The van der Waals surface area contributed by atoms with Crippen molar-refractivity contribution in [2.75, 3.05) is 5.88 Å². The molecule has 0 atom stereocenters. The van der Waals surface area contributed by atoms with E-state index in [0.29, 0.717) is 5.88 Å². The van der Waals surface area contributed by atoms with Crippen molar-refractivity contribution in [3.8, 4) is 5.69 Å². The highest BCUT2D eigenvalue weighted by atomic mass is 79.9. The number of rotatable bonds is 3. The standard InChI is InChI=1S/C15H11BrCl2N2/c16-10-1-6-13-14(9-10)20(15(19-13)7-8-17)12-4-2-11(18)3-5-12/h1-6,9H,7-8H2. The summed E-state index contributed by atoms with van der Waals surface area (Å²) in [6, 6.07) is 13.8. The van der Waals surface area contributed by atoms with Gasteiger partial charge in [0.1, 0.15) is 5.82 Å². The van der Waals surface area contributed by atoms with Crippen LogP contribution in [-0.2, 0) is 6.42 Å². The summed E-state index contributed by atoms with van der Waals surface area (Å²) in [7, 11) is 0. The molecule has 0 radical (unpaired) electrons. The lowest BCUT2D eigenvalue weighted by Crippen LogP contribution is -2.02. The van der Waals surface area contributed by atoms with Gasteiger partial charge >= 0.3 is 0 Å². The van der Waals surface area contributed by atoms with Gasteiger partial charge in [-0.1, -0.05) is 27.5 Å². The normalized spacial score (nSPS) is 11.2. The van der Waals surface area contributed by atoms with Crippen molar-refractivity contribution in [1.82, 2.24) is 9.55 Å². The van der Waals surface area contributed by atoms with Crippen molar-refractivity contribution in [2.24, 2.45) is 0 Å². The maximum atomic E-state index is 5.96. The van der Waals surface area contributed by atoms with Crippen LogP contribution in [0.1, 0.15) is 5.82 Å². The van der Waals surface area contributed by atoms with Gasteiger partial charge in [-0.3, -0.25) is 4.57 Å². The molecule has 3 aromatic rings. The van der Waals surface area contributed by atoms with E-state index in [1.54, 1.807) is 0 Å². The molecule has 0 bridgehead atoms. The van der Waals surface area contributed by atoms with Crippen molar-refractivity contribution in [1.29, 1.82) is 0 Å². The van der Waals surface area contributed by atoms with Crippen LogP contribution in [-0.4, -0.2) is 15.4 Å². The molecule has 1 heterocycles. The van der Waals surface area contributed by atoms with Crippen LogP contribution in [0.15, 0.2) is 46.9 Å². The molecule has 2 aromatic carbocycles. The van der Waals surface area contributed by atoms with Gasteiger partial charge in [0.05, 0.1) is 11.0 Å². The fourth-order valence-electron chi connectivity index (χ4n) is 2.23. The number of fused-ring (bicyclic) bond motifs is 1. The Labute approximate surface area is 135 Å². The summed E-state index contributed by atoms with van der Waals surface area (Å²) in [5, 5.41) is 0.721. The number of nitrogens with zero attached hydrogens (tertiary/aromatic N) is 2. The minimum Gasteiger partial charge on any atom is -0.296 e. The van der Waals surface area contributed by atoms with Crippen LogP contribution in [0.3, 0.4) is 0 Å². The van der Waals surface area contributed by atoms with Gasteiger partial charge < -0.3 is 0 Å². The number of alkyl halides is 1. The number of hydrogen-bond acceptors (Lipinski definition) is 1. The molecular formula is C15H11BrCl2N2. The summed E-state index contributed by atoms with van der Waals surface area (Å²) in [4.78, 5) is 4.67. The quantitative estimate of drug-likeness (QED) is 0.578. The van der Waals surface area contributed by atoms with Crippen LogP contribution in [0, 0.1) is 0 Å².